The van der Waals surface area contributed by atoms with Gasteiger partial charge in [-0.3, -0.25) is 0 Å². The summed E-state index contributed by atoms with van der Waals surface area (Å²) in [6.45, 7) is 1.57. The fourth-order valence-electron chi connectivity index (χ4n) is 1.25. The molecule has 2 atom stereocenters. The maximum atomic E-state index is 9.30. The minimum absolute atomic E-state index is 0.214. The van der Waals surface area contributed by atoms with Crippen molar-refractivity contribution in [3.05, 3.63) is 18.4 Å². The highest BCUT2D eigenvalue weighted by atomic mass is 16.5. The Hall–Kier alpha value is -1.73. The molecule has 86 valence electrons. The lowest BCUT2D eigenvalue weighted by atomic mass is 10.2. The van der Waals surface area contributed by atoms with Crippen LogP contribution in [0, 0.1) is 0 Å². The Balaban J connectivity index is 2.30. The molecule has 0 bridgehead atoms. The summed E-state index contributed by atoms with van der Waals surface area (Å²) in [5, 5.41) is 13.1. The molecule has 2 aromatic rings. The summed E-state index contributed by atoms with van der Waals surface area (Å²) in [6.07, 6.45) is 2.53. The zero-order valence-corrected chi connectivity index (χ0v) is 9.03. The van der Waals surface area contributed by atoms with Crippen molar-refractivity contribution in [1.29, 1.82) is 0 Å². The maximum Gasteiger partial charge on any atom is 0.246 e. The molecule has 0 fully saturated rings. The minimum Gasteiger partial charge on any atom is -0.391 e. The second-order valence-electron chi connectivity index (χ2n) is 3.61. The first-order valence-corrected chi connectivity index (χ1v) is 4.83. The van der Waals surface area contributed by atoms with Gasteiger partial charge >= 0.3 is 0 Å². The van der Waals surface area contributed by atoms with E-state index in [-0.39, 0.29) is 5.89 Å². The number of hydrogen-bond acceptors (Lipinski definition) is 6. The average Bonchev–Trinajstić information content (AvgIpc) is 2.84. The van der Waals surface area contributed by atoms with Gasteiger partial charge < -0.3 is 19.9 Å². The van der Waals surface area contributed by atoms with Crippen LogP contribution in [0.15, 0.2) is 17.0 Å². The highest BCUT2D eigenvalue weighted by Crippen LogP contribution is 2.18. The minimum atomic E-state index is -0.736. The molecule has 0 spiro atoms. The standard InChI is InChI=1S/C9H13N5O2/c1-5(15)7(10)9-12-8(13-16-9)6-3-11-4-14(6)2/h3-5,7,15H,10H2,1-2H3/t5-,7+/m1/s1. The summed E-state index contributed by atoms with van der Waals surface area (Å²) in [6, 6.07) is -0.672. The number of aliphatic hydroxyl groups is 1. The van der Waals surface area contributed by atoms with Crippen molar-refractivity contribution in [3.63, 3.8) is 0 Å². The van der Waals surface area contributed by atoms with Gasteiger partial charge in [-0.15, -0.1) is 0 Å². The molecule has 2 rings (SSSR count). The van der Waals surface area contributed by atoms with Gasteiger partial charge in [-0.2, -0.15) is 4.98 Å². The van der Waals surface area contributed by atoms with Crippen molar-refractivity contribution in [2.24, 2.45) is 12.8 Å². The third-order valence-corrected chi connectivity index (χ3v) is 2.29. The number of aliphatic hydroxyl groups excluding tert-OH is 1. The van der Waals surface area contributed by atoms with Crippen LogP contribution >= 0.6 is 0 Å². The van der Waals surface area contributed by atoms with E-state index < -0.39 is 12.1 Å². The predicted octanol–water partition coefficient (Wildman–Crippen LogP) is -0.149. The summed E-state index contributed by atoms with van der Waals surface area (Å²) >= 11 is 0. The number of nitrogens with zero attached hydrogens (tertiary/aromatic N) is 4. The fourth-order valence-corrected chi connectivity index (χ4v) is 1.25. The van der Waals surface area contributed by atoms with Crippen LogP contribution in [0.3, 0.4) is 0 Å². The van der Waals surface area contributed by atoms with Crippen molar-refractivity contribution in [2.75, 3.05) is 0 Å². The first kappa shape index (κ1) is 10.8. The monoisotopic (exact) mass is 223 g/mol. The summed E-state index contributed by atoms with van der Waals surface area (Å²) in [4.78, 5) is 8.06. The van der Waals surface area contributed by atoms with Gasteiger partial charge in [0.25, 0.3) is 0 Å². The van der Waals surface area contributed by atoms with E-state index in [2.05, 4.69) is 15.1 Å². The number of aromatic nitrogens is 4. The predicted molar refractivity (Wildman–Crippen MR) is 55.1 cm³/mol. The summed E-state index contributed by atoms with van der Waals surface area (Å²) in [5.74, 6) is 0.622. The number of hydrogen-bond donors (Lipinski definition) is 2. The van der Waals surface area contributed by atoms with Crippen LogP contribution in [-0.2, 0) is 7.05 Å². The Kier molecular flexibility index (Phi) is 2.71. The Morgan fingerprint density at radius 3 is 2.88 bits per heavy atom. The lowest BCUT2D eigenvalue weighted by molar-refractivity contribution is 0.146. The summed E-state index contributed by atoms with van der Waals surface area (Å²) in [7, 11) is 1.83. The van der Waals surface area contributed by atoms with Gasteiger partial charge in [0.2, 0.25) is 11.7 Å². The molecular formula is C9H13N5O2. The summed E-state index contributed by atoms with van der Waals surface area (Å²) in [5.41, 5.74) is 6.40. The van der Waals surface area contributed by atoms with E-state index >= 15 is 0 Å². The van der Waals surface area contributed by atoms with Crippen molar-refractivity contribution < 1.29 is 9.63 Å². The average molecular weight is 223 g/mol. The van der Waals surface area contributed by atoms with Gasteiger partial charge in [-0.25, -0.2) is 4.98 Å². The third kappa shape index (κ3) is 1.82. The third-order valence-electron chi connectivity index (χ3n) is 2.29. The van der Waals surface area contributed by atoms with E-state index in [9.17, 15) is 5.11 Å². The van der Waals surface area contributed by atoms with Crippen LogP contribution in [0.5, 0.6) is 0 Å². The van der Waals surface area contributed by atoms with E-state index in [1.807, 2.05) is 7.05 Å². The van der Waals surface area contributed by atoms with Crippen LogP contribution in [0.4, 0.5) is 0 Å². The molecule has 0 aliphatic rings. The zero-order chi connectivity index (χ0) is 11.7. The lowest BCUT2D eigenvalue weighted by Crippen LogP contribution is -2.23. The number of aryl methyl sites for hydroxylation is 1. The molecule has 7 heteroatoms. The van der Waals surface area contributed by atoms with Gasteiger partial charge in [-0.1, -0.05) is 5.16 Å². The van der Waals surface area contributed by atoms with Crippen LogP contribution < -0.4 is 5.73 Å². The first-order chi connectivity index (χ1) is 7.59. The molecule has 0 aliphatic heterocycles. The molecule has 0 aromatic carbocycles. The van der Waals surface area contributed by atoms with E-state index in [0.29, 0.717) is 5.82 Å². The fraction of sp³-hybridized carbons (Fsp3) is 0.444. The summed E-state index contributed by atoms with van der Waals surface area (Å²) < 4.78 is 6.75. The molecule has 0 saturated carbocycles. The highest BCUT2D eigenvalue weighted by molar-refractivity contribution is 5.47. The van der Waals surface area contributed by atoms with E-state index in [1.54, 1.807) is 24.0 Å². The smallest absolute Gasteiger partial charge is 0.246 e. The number of rotatable bonds is 3. The zero-order valence-electron chi connectivity index (χ0n) is 9.03. The molecule has 16 heavy (non-hydrogen) atoms. The van der Waals surface area contributed by atoms with Crippen LogP contribution in [0.2, 0.25) is 0 Å². The van der Waals surface area contributed by atoms with Gasteiger partial charge in [0.05, 0.1) is 18.6 Å². The van der Waals surface area contributed by atoms with Gasteiger partial charge in [0, 0.05) is 7.05 Å². The van der Waals surface area contributed by atoms with Gasteiger partial charge in [-0.05, 0) is 6.92 Å². The molecule has 0 saturated heterocycles. The van der Waals surface area contributed by atoms with Gasteiger partial charge in [0.15, 0.2) is 0 Å². The normalized spacial score (nSPS) is 15.0. The Morgan fingerprint density at radius 1 is 1.56 bits per heavy atom. The molecule has 0 unspecified atom stereocenters. The second-order valence-corrected chi connectivity index (χ2v) is 3.61. The van der Waals surface area contributed by atoms with Crippen molar-refractivity contribution in [2.45, 2.75) is 19.1 Å². The van der Waals surface area contributed by atoms with Crippen LogP contribution in [-0.4, -0.2) is 30.9 Å². The molecular weight excluding hydrogens is 210 g/mol. The SMILES string of the molecule is C[C@@H](O)[C@H](N)c1nc(-c2cncn2C)no1. The van der Waals surface area contributed by atoms with Crippen LogP contribution in [0.1, 0.15) is 18.9 Å². The number of imidazole rings is 1. The Bertz CT molecular complexity index is 476. The quantitative estimate of drug-likeness (QED) is 0.750. The Morgan fingerprint density at radius 2 is 2.31 bits per heavy atom. The topological polar surface area (TPSA) is 103 Å². The first-order valence-electron chi connectivity index (χ1n) is 4.83. The van der Waals surface area contributed by atoms with E-state index in [4.69, 9.17) is 10.3 Å². The van der Waals surface area contributed by atoms with Crippen LogP contribution in [0.25, 0.3) is 11.5 Å². The Labute approximate surface area is 91.9 Å². The lowest BCUT2D eigenvalue weighted by Gasteiger charge is -2.08. The van der Waals surface area contributed by atoms with Gasteiger partial charge in [0.1, 0.15) is 11.7 Å². The molecule has 0 amide bonds. The molecule has 2 aromatic heterocycles. The van der Waals surface area contributed by atoms with Crippen molar-refractivity contribution in [1.82, 2.24) is 19.7 Å². The van der Waals surface area contributed by atoms with E-state index in [0.717, 1.165) is 5.69 Å². The number of nitrogens with two attached hydrogens (primary N) is 1. The molecule has 0 radical (unpaired) electrons. The van der Waals surface area contributed by atoms with Crippen molar-refractivity contribution >= 4 is 0 Å². The van der Waals surface area contributed by atoms with Crippen molar-refractivity contribution in [3.8, 4) is 11.5 Å². The molecule has 2 heterocycles. The molecule has 3 N–H and O–H groups in total. The largest absolute Gasteiger partial charge is 0.391 e. The maximum absolute atomic E-state index is 9.30. The van der Waals surface area contributed by atoms with E-state index in [1.165, 1.54) is 0 Å². The second kappa shape index (κ2) is 4.03. The highest BCUT2D eigenvalue weighted by Gasteiger charge is 2.20. The molecule has 7 nitrogen and oxygen atoms in total. The molecule has 0 aliphatic carbocycles.